The van der Waals surface area contributed by atoms with Gasteiger partial charge >= 0.3 is 0 Å². The summed E-state index contributed by atoms with van der Waals surface area (Å²) in [7, 11) is -3.30. The molecule has 0 aromatic carbocycles. The zero-order valence-corrected chi connectivity index (χ0v) is 17.2. The van der Waals surface area contributed by atoms with Gasteiger partial charge in [-0.25, -0.2) is 13.4 Å². The predicted molar refractivity (Wildman–Crippen MR) is 111 cm³/mol. The van der Waals surface area contributed by atoms with Crippen molar-refractivity contribution >= 4 is 32.0 Å². The minimum Gasteiger partial charge on any atom is -0.346 e. The van der Waals surface area contributed by atoms with Crippen molar-refractivity contribution in [1.82, 2.24) is 18.8 Å². The molecule has 1 saturated heterocycles. The van der Waals surface area contributed by atoms with E-state index >= 15 is 0 Å². The van der Waals surface area contributed by atoms with E-state index in [1.807, 2.05) is 26.1 Å². The summed E-state index contributed by atoms with van der Waals surface area (Å²) in [4.78, 5) is 19.9. The Kier molecular flexibility index (Phi) is 4.79. The first kappa shape index (κ1) is 19.1. The monoisotopic (exact) mass is 402 g/mol. The third kappa shape index (κ3) is 3.24. The van der Waals surface area contributed by atoms with E-state index in [2.05, 4.69) is 21.5 Å². The highest BCUT2D eigenvalue weighted by Gasteiger charge is 2.34. The van der Waals surface area contributed by atoms with Crippen molar-refractivity contribution in [2.45, 2.75) is 33.2 Å². The highest BCUT2D eigenvalue weighted by atomic mass is 32.2. The van der Waals surface area contributed by atoms with Crippen LogP contribution in [0.3, 0.4) is 0 Å². The van der Waals surface area contributed by atoms with Gasteiger partial charge in [-0.1, -0.05) is 20.8 Å². The van der Waals surface area contributed by atoms with Gasteiger partial charge in [-0.05, 0) is 24.3 Å². The normalized spacial score (nSPS) is 21.7. The molecule has 4 rings (SSSR count). The molecule has 3 aromatic rings. The fourth-order valence-corrected chi connectivity index (χ4v) is 6.02. The lowest BCUT2D eigenvalue weighted by Crippen LogP contribution is -2.45. The smallest absolute Gasteiger partial charge is 0.214 e. The van der Waals surface area contributed by atoms with Gasteiger partial charge in [0.2, 0.25) is 10.0 Å². The maximum Gasteiger partial charge on any atom is 0.214 e. The average Bonchev–Trinajstić information content (AvgIpc) is 3.10. The third-order valence-electron chi connectivity index (χ3n) is 5.64. The third-order valence-corrected chi connectivity index (χ3v) is 7.85. The van der Waals surface area contributed by atoms with Gasteiger partial charge in [0.15, 0.2) is 5.43 Å². The molecular formula is C20H26N4O3S. The molecule has 3 aromatic heterocycles. The van der Waals surface area contributed by atoms with Crippen LogP contribution < -0.4 is 5.43 Å². The first-order valence-electron chi connectivity index (χ1n) is 9.72. The molecule has 0 aliphatic carbocycles. The van der Waals surface area contributed by atoms with Crippen LogP contribution >= 0.6 is 0 Å². The van der Waals surface area contributed by atoms with Crippen molar-refractivity contribution in [2.75, 3.05) is 18.8 Å². The van der Waals surface area contributed by atoms with Crippen LogP contribution in [0.1, 0.15) is 33.2 Å². The molecule has 8 heteroatoms. The SMILES string of the molecule is CC(C)CS(=O)(=O)N1CC[C@@H](C)[C@@H](n2ccc(=O)c3cnc4[nH]ccc4c32)C1. The molecule has 1 fully saturated rings. The van der Waals surface area contributed by atoms with E-state index in [4.69, 9.17) is 0 Å². The molecule has 28 heavy (non-hydrogen) atoms. The Balaban J connectivity index is 1.83. The quantitative estimate of drug-likeness (QED) is 0.727. The van der Waals surface area contributed by atoms with Crippen molar-refractivity contribution in [2.24, 2.45) is 11.8 Å². The summed E-state index contributed by atoms with van der Waals surface area (Å²) >= 11 is 0. The van der Waals surface area contributed by atoms with Gasteiger partial charge in [0, 0.05) is 43.1 Å². The largest absolute Gasteiger partial charge is 0.346 e. The van der Waals surface area contributed by atoms with Crippen LogP contribution in [0.25, 0.3) is 21.9 Å². The van der Waals surface area contributed by atoms with Gasteiger partial charge in [-0.3, -0.25) is 4.79 Å². The first-order chi connectivity index (χ1) is 13.3. The van der Waals surface area contributed by atoms with E-state index in [1.165, 1.54) is 0 Å². The van der Waals surface area contributed by atoms with E-state index < -0.39 is 10.0 Å². The van der Waals surface area contributed by atoms with Gasteiger partial charge in [0.05, 0.1) is 22.7 Å². The van der Waals surface area contributed by atoms with Crippen molar-refractivity contribution in [3.8, 4) is 0 Å². The zero-order chi connectivity index (χ0) is 20.1. The summed E-state index contributed by atoms with van der Waals surface area (Å²) in [6, 6.07) is 3.43. The van der Waals surface area contributed by atoms with Gasteiger partial charge in [-0.15, -0.1) is 0 Å². The fraction of sp³-hybridized carbons (Fsp3) is 0.500. The van der Waals surface area contributed by atoms with E-state index in [-0.39, 0.29) is 23.1 Å². The Bertz CT molecular complexity index is 1180. The van der Waals surface area contributed by atoms with E-state index in [9.17, 15) is 13.2 Å². The van der Waals surface area contributed by atoms with Gasteiger partial charge < -0.3 is 9.55 Å². The molecule has 0 spiro atoms. The van der Waals surface area contributed by atoms with E-state index in [0.29, 0.717) is 24.4 Å². The zero-order valence-electron chi connectivity index (χ0n) is 16.4. The lowest BCUT2D eigenvalue weighted by Gasteiger charge is -2.38. The molecule has 1 N–H and O–H groups in total. The second kappa shape index (κ2) is 7.00. The molecule has 7 nitrogen and oxygen atoms in total. The predicted octanol–water partition coefficient (Wildman–Crippen LogP) is 2.75. The molecule has 150 valence electrons. The number of aromatic nitrogens is 3. The van der Waals surface area contributed by atoms with Crippen LogP contribution in [0.15, 0.2) is 35.5 Å². The number of rotatable bonds is 4. The summed E-state index contributed by atoms with van der Waals surface area (Å²) < 4.78 is 29.3. The van der Waals surface area contributed by atoms with Crippen LogP contribution in [-0.2, 0) is 10.0 Å². The number of hydrogen-bond donors (Lipinski definition) is 1. The van der Waals surface area contributed by atoms with Crippen LogP contribution in [-0.4, -0.2) is 46.1 Å². The van der Waals surface area contributed by atoms with Gasteiger partial charge in [0.25, 0.3) is 0 Å². The minimum atomic E-state index is -3.30. The number of pyridine rings is 2. The lowest BCUT2D eigenvalue weighted by molar-refractivity contribution is 0.204. The molecule has 0 radical (unpaired) electrons. The van der Waals surface area contributed by atoms with Gasteiger partial charge in [-0.2, -0.15) is 4.31 Å². The first-order valence-corrected chi connectivity index (χ1v) is 11.3. The second-order valence-electron chi connectivity index (χ2n) is 8.21. The van der Waals surface area contributed by atoms with E-state index in [0.717, 1.165) is 23.0 Å². The Morgan fingerprint density at radius 1 is 1.29 bits per heavy atom. The Morgan fingerprint density at radius 3 is 2.82 bits per heavy atom. The Labute approximate surface area is 164 Å². The second-order valence-corrected chi connectivity index (χ2v) is 10.2. The summed E-state index contributed by atoms with van der Waals surface area (Å²) in [6.45, 7) is 6.96. The highest BCUT2D eigenvalue weighted by molar-refractivity contribution is 7.89. The summed E-state index contributed by atoms with van der Waals surface area (Å²) in [5.74, 6) is 0.533. The van der Waals surface area contributed by atoms with Crippen molar-refractivity contribution < 1.29 is 8.42 Å². The number of aromatic amines is 1. The Hall–Kier alpha value is -2.19. The number of sulfonamides is 1. The summed E-state index contributed by atoms with van der Waals surface area (Å²) in [6.07, 6.45) is 6.00. The van der Waals surface area contributed by atoms with Crippen molar-refractivity contribution in [3.63, 3.8) is 0 Å². The number of fused-ring (bicyclic) bond motifs is 3. The van der Waals surface area contributed by atoms with Gasteiger partial charge in [0.1, 0.15) is 5.65 Å². The average molecular weight is 403 g/mol. The Morgan fingerprint density at radius 2 is 2.07 bits per heavy atom. The molecule has 0 amide bonds. The van der Waals surface area contributed by atoms with E-state index in [1.54, 1.807) is 22.8 Å². The fourth-order valence-electron chi connectivity index (χ4n) is 4.20. The maximum absolute atomic E-state index is 12.8. The highest BCUT2D eigenvalue weighted by Crippen LogP contribution is 2.33. The number of nitrogens with one attached hydrogen (secondary N) is 1. The number of hydrogen-bond acceptors (Lipinski definition) is 4. The van der Waals surface area contributed by atoms with Crippen LogP contribution in [0, 0.1) is 11.8 Å². The summed E-state index contributed by atoms with van der Waals surface area (Å²) in [5, 5.41) is 1.44. The minimum absolute atomic E-state index is 0.0423. The van der Waals surface area contributed by atoms with Crippen LogP contribution in [0.5, 0.6) is 0 Å². The van der Waals surface area contributed by atoms with Crippen molar-refractivity contribution in [1.29, 1.82) is 0 Å². The van der Waals surface area contributed by atoms with Crippen LogP contribution in [0.2, 0.25) is 0 Å². The molecule has 0 saturated carbocycles. The molecule has 0 unspecified atom stereocenters. The van der Waals surface area contributed by atoms with Crippen LogP contribution in [0.4, 0.5) is 0 Å². The number of piperidine rings is 1. The standard InChI is InChI=1S/C20H26N4O3S/c1-13(2)12-28(26,27)23-8-5-14(3)17(11-23)24-9-6-18(25)16-10-22-20-15(19(16)24)4-7-21-20/h4,6-7,9-10,13-14,17H,5,8,11-12H2,1-3H3,(H,21,22)/t14-,17+/m1/s1. The van der Waals surface area contributed by atoms with Crippen molar-refractivity contribution in [3.05, 3.63) is 40.9 Å². The number of H-pyrrole nitrogens is 1. The molecule has 1 aliphatic rings. The number of nitrogens with zero attached hydrogens (tertiary/aromatic N) is 3. The molecule has 0 bridgehead atoms. The molecule has 1 aliphatic heterocycles. The molecular weight excluding hydrogens is 376 g/mol. The molecule has 4 heterocycles. The summed E-state index contributed by atoms with van der Waals surface area (Å²) in [5.41, 5.74) is 1.47. The topological polar surface area (TPSA) is 88.1 Å². The molecule has 2 atom stereocenters. The maximum atomic E-state index is 12.8. The lowest BCUT2D eigenvalue weighted by atomic mass is 9.94.